The molecule has 3 aromatic rings. The number of hydrogen-bond donors (Lipinski definition) is 2. The number of benzene rings is 1. The van der Waals surface area contributed by atoms with Crippen LogP contribution in [0.1, 0.15) is 26.4 Å². The Labute approximate surface area is 137 Å². The molecule has 24 heavy (non-hydrogen) atoms. The first-order chi connectivity index (χ1) is 11.7. The van der Waals surface area contributed by atoms with Crippen molar-refractivity contribution in [2.75, 3.05) is 0 Å². The average Bonchev–Trinajstić information content (AvgIpc) is 3.09. The third kappa shape index (κ3) is 3.80. The molecule has 8 nitrogen and oxygen atoms in total. The summed E-state index contributed by atoms with van der Waals surface area (Å²) in [6.07, 6.45) is 4.47. The minimum Gasteiger partial charge on any atom is -0.267 e. The van der Waals surface area contributed by atoms with Crippen LogP contribution in [-0.2, 0) is 6.54 Å². The molecule has 8 heteroatoms. The molecule has 0 fully saturated rings. The van der Waals surface area contributed by atoms with Crippen molar-refractivity contribution >= 4 is 11.8 Å². The number of pyridine rings is 1. The lowest BCUT2D eigenvalue weighted by Crippen LogP contribution is -2.41. The van der Waals surface area contributed by atoms with Crippen molar-refractivity contribution in [3.63, 3.8) is 0 Å². The Morgan fingerprint density at radius 3 is 2.54 bits per heavy atom. The Morgan fingerprint density at radius 1 is 1.00 bits per heavy atom. The predicted octanol–water partition coefficient (Wildman–Crippen LogP) is 0.796. The molecular weight excluding hydrogens is 308 g/mol. The summed E-state index contributed by atoms with van der Waals surface area (Å²) in [5, 5.41) is 7.70. The molecule has 0 radical (unpaired) electrons. The van der Waals surface area contributed by atoms with Gasteiger partial charge in [-0.3, -0.25) is 25.4 Å². The van der Waals surface area contributed by atoms with Crippen LogP contribution in [0.3, 0.4) is 0 Å². The first-order valence-electron chi connectivity index (χ1n) is 7.17. The molecule has 0 aliphatic heterocycles. The van der Waals surface area contributed by atoms with Gasteiger partial charge >= 0.3 is 0 Å². The van der Waals surface area contributed by atoms with Gasteiger partial charge < -0.3 is 0 Å². The third-order valence-electron chi connectivity index (χ3n) is 3.17. The molecule has 120 valence electrons. The molecular formula is C16H14N6O2. The lowest BCUT2D eigenvalue weighted by molar-refractivity contribution is 0.0843. The molecule has 2 amide bonds. The Kier molecular flexibility index (Phi) is 4.57. The molecule has 0 unspecified atom stereocenters. The van der Waals surface area contributed by atoms with Crippen molar-refractivity contribution < 1.29 is 9.59 Å². The zero-order valence-corrected chi connectivity index (χ0v) is 12.6. The van der Waals surface area contributed by atoms with E-state index in [1.807, 2.05) is 30.3 Å². The lowest BCUT2D eigenvalue weighted by Gasteiger charge is -2.05. The number of amides is 2. The second-order valence-corrected chi connectivity index (χ2v) is 4.94. The van der Waals surface area contributed by atoms with E-state index in [2.05, 4.69) is 26.1 Å². The van der Waals surface area contributed by atoms with Gasteiger partial charge in [-0.1, -0.05) is 35.5 Å². The minimum absolute atomic E-state index is 0.109. The molecule has 1 aromatic carbocycles. The molecule has 0 bridgehead atoms. The van der Waals surface area contributed by atoms with Crippen LogP contribution < -0.4 is 10.9 Å². The molecule has 2 heterocycles. The van der Waals surface area contributed by atoms with Crippen LogP contribution in [-0.4, -0.2) is 31.8 Å². The van der Waals surface area contributed by atoms with Gasteiger partial charge in [-0.25, -0.2) is 4.68 Å². The largest absolute Gasteiger partial charge is 0.291 e. The predicted molar refractivity (Wildman–Crippen MR) is 84.7 cm³/mol. The molecule has 2 N–H and O–H groups in total. The summed E-state index contributed by atoms with van der Waals surface area (Å²) < 4.78 is 1.55. The van der Waals surface area contributed by atoms with E-state index in [-0.39, 0.29) is 5.69 Å². The van der Waals surface area contributed by atoms with Crippen molar-refractivity contribution in [1.29, 1.82) is 0 Å². The van der Waals surface area contributed by atoms with Gasteiger partial charge in [0.2, 0.25) is 0 Å². The Bertz CT molecular complexity index is 832. The maximum Gasteiger partial charge on any atom is 0.291 e. The molecule has 0 atom stereocenters. The summed E-state index contributed by atoms with van der Waals surface area (Å²) in [4.78, 5) is 27.6. The summed E-state index contributed by atoms with van der Waals surface area (Å²) >= 11 is 0. The molecule has 0 spiro atoms. The topological polar surface area (TPSA) is 102 Å². The van der Waals surface area contributed by atoms with E-state index in [1.54, 1.807) is 23.0 Å². The highest BCUT2D eigenvalue weighted by atomic mass is 16.2. The SMILES string of the molecule is O=C(NNC(=O)c1cn(Cc2ccccc2)nn1)c1cccnc1. The first-order valence-corrected chi connectivity index (χ1v) is 7.17. The number of hydrazine groups is 1. The maximum absolute atomic E-state index is 12.0. The fourth-order valence-corrected chi connectivity index (χ4v) is 2.00. The Balaban J connectivity index is 1.57. The van der Waals surface area contributed by atoms with Gasteiger partial charge in [0, 0.05) is 12.4 Å². The zero-order chi connectivity index (χ0) is 16.8. The Hall–Kier alpha value is -3.55. The van der Waals surface area contributed by atoms with Crippen molar-refractivity contribution in [3.05, 3.63) is 77.9 Å². The number of nitrogens with zero attached hydrogens (tertiary/aromatic N) is 4. The molecule has 2 aromatic heterocycles. The third-order valence-corrected chi connectivity index (χ3v) is 3.17. The Morgan fingerprint density at radius 2 is 1.79 bits per heavy atom. The monoisotopic (exact) mass is 322 g/mol. The quantitative estimate of drug-likeness (QED) is 0.692. The van der Waals surface area contributed by atoms with Gasteiger partial charge in [-0.2, -0.15) is 0 Å². The van der Waals surface area contributed by atoms with E-state index < -0.39 is 11.8 Å². The fourth-order valence-electron chi connectivity index (χ4n) is 2.00. The molecule has 0 saturated carbocycles. The molecule has 3 rings (SSSR count). The van der Waals surface area contributed by atoms with Gasteiger partial charge in [0.05, 0.1) is 18.3 Å². The van der Waals surface area contributed by atoms with Crippen molar-refractivity contribution in [2.24, 2.45) is 0 Å². The summed E-state index contributed by atoms with van der Waals surface area (Å²) in [5.74, 6) is -1.01. The summed E-state index contributed by atoms with van der Waals surface area (Å²) in [7, 11) is 0. The number of rotatable bonds is 4. The smallest absolute Gasteiger partial charge is 0.267 e. The number of hydrogen-bond acceptors (Lipinski definition) is 5. The highest BCUT2D eigenvalue weighted by Gasteiger charge is 2.12. The number of nitrogens with one attached hydrogen (secondary N) is 2. The van der Waals surface area contributed by atoms with Gasteiger partial charge in [0.1, 0.15) is 0 Å². The number of carbonyl (C=O) groups excluding carboxylic acids is 2. The molecule has 0 saturated heterocycles. The van der Waals surface area contributed by atoms with E-state index in [1.165, 1.54) is 12.4 Å². The van der Waals surface area contributed by atoms with Crippen molar-refractivity contribution in [1.82, 2.24) is 30.8 Å². The van der Waals surface area contributed by atoms with Crippen LogP contribution in [0.25, 0.3) is 0 Å². The van der Waals surface area contributed by atoms with E-state index in [4.69, 9.17) is 0 Å². The van der Waals surface area contributed by atoms with E-state index in [0.29, 0.717) is 12.1 Å². The van der Waals surface area contributed by atoms with E-state index in [9.17, 15) is 9.59 Å². The van der Waals surface area contributed by atoms with Crippen LogP contribution in [0.4, 0.5) is 0 Å². The van der Waals surface area contributed by atoms with Crippen LogP contribution in [0.5, 0.6) is 0 Å². The van der Waals surface area contributed by atoms with E-state index in [0.717, 1.165) is 5.56 Å². The van der Waals surface area contributed by atoms with Gasteiger partial charge in [-0.15, -0.1) is 5.10 Å². The first kappa shape index (κ1) is 15.3. The van der Waals surface area contributed by atoms with Crippen LogP contribution >= 0.6 is 0 Å². The van der Waals surface area contributed by atoms with Crippen molar-refractivity contribution in [2.45, 2.75) is 6.54 Å². The number of carbonyl (C=O) groups is 2. The van der Waals surface area contributed by atoms with Crippen LogP contribution in [0.15, 0.2) is 61.1 Å². The van der Waals surface area contributed by atoms with Crippen molar-refractivity contribution in [3.8, 4) is 0 Å². The second-order valence-electron chi connectivity index (χ2n) is 4.94. The van der Waals surface area contributed by atoms with Gasteiger partial charge in [0.25, 0.3) is 11.8 Å². The molecule has 0 aliphatic rings. The fraction of sp³-hybridized carbons (Fsp3) is 0.0625. The minimum atomic E-state index is -0.549. The average molecular weight is 322 g/mol. The standard InChI is InChI=1S/C16H14N6O2/c23-15(13-7-4-8-17-9-13)19-20-16(24)14-11-22(21-18-14)10-12-5-2-1-3-6-12/h1-9,11H,10H2,(H,19,23)(H,20,24). The van der Waals surface area contributed by atoms with Gasteiger partial charge in [-0.05, 0) is 17.7 Å². The number of aromatic nitrogens is 4. The van der Waals surface area contributed by atoms with Gasteiger partial charge in [0.15, 0.2) is 5.69 Å². The second kappa shape index (κ2) is 7.14. The van der Waals surface area contributed by atoms with E-state index >= 15 is 0 Å². The maximum atomic E-state index is 12.0. The molecule has 0 aliphatic carbocycles. The highest BCUT2D eigenvalue weighted by Crippen LogP contribution is 2.02. The normalized spacial score (nSPS) is 10.2. The summed E-state index contributed by atoms with van der Waals surface area (Å²) in [5.41, 5.74) is 6.08. The highest BCUT2D eigenvalue weighted by molar-refractivity contribution is 5.97. The lowest BCUT2D eigenvalue weighted by atomic mass is 10.2. The zero-order valence-electron chi connectivity index (χ0n) is 12.6. The van der Waals surface area contributed by atoms with Crippen LogP contribution in [0, 0.1) is 0 Å². The van der Waals surface area contributed by atoms with Crippen LogP contribution in [0.2, 0.25) is 0 Å². The summed E-state index contributed by atoms with van der Waals surface area (Å²) in [6, 6.07) is 12.9. The summed E-state index contributed by atoms with van der Waals surface area (Å²) in [6.45, 7) is 0.503.